The van der Waals surface area contributed by atoms with Crippen LogP contribution in [-0.2, 0) is 5.41 Å². The summed E-state index contributed by atoms with van der Waals surface area (Å²) >= 11 is 0. The third kappa shape index (κ3) is 2.18. The van der Waals surface area contributed by atoms with Crippen LogP contribution in [0.1, 0.15) is 35.3 Å². The molecule has 0 bridgehead atoms. The SMILES string of the molecule is Cc1cccc(C(N)=O)c1C(C)(C)CN. The van der Waals surface area contributed by atoms with E-state index in [-0.39, 0.29) is 5.41 Å². The Kier molecular flexibility index (Phi) is 3.15. The Bertz CT molecular complexity index is 383. The van der Waals surface area contributed by atoms with Crippen molar-refractivity contribution in [2.75, 3.05) is 6.54 Å². The topological polar surface area (TPSA) is 69.1 Å². The zero-order valence-corrected chi connectivity index (χ0v) is 9.50. The highest BCUT2D eigenvalue weighted by molar-refractivity contribution is 5.95. The van der Waals surface area contributed by atoms with E-state index in [1.165, 1.54) is 0 Å². The Morgan fingerprint density at radius 1 is 1.40 bits per heavy atom. The molecule has 4 N–H and O–H groups in total. The van der Waals surface area contributed by atoms with Crippen molar-refractivity contribution in [3.63, 3.8) is 0 Å². The van der Waals surface area contributed by atoms with Gasteiger partial charge in [-0.15, -0.1) is 0 Å². The smallest absolute Gasteiger partial charge is 0.249 e. The van der Waals surface area contributed by atoms with E-state index in [9.17, 15) is 4.79 Å². The number of rotatable bonds is 3. The number of carbonyl (C=O) groups is 1. The van der Waals surface area contributed by atoms with E-state index in [1.807, 2.05) is 32.9 Å². The maximum absolute atomic E-state index is 11.3. The minimum absolute atomic E-state index is 0.226. The molecule has 3 heteroatoms. The molecule has 0 fully saturated rings. The summed E-state index contributed by atoms with van der Waals surface area (Å²) in [6.07, 6.45) is 0. The van der Waals surface area contributed by atoms with Crippen LogP contribution in [0.2, 0.25) is 0 Å². The van der Waals surface area contributed by atoms with Crippen molar-refractivity contribution >= 4 is 5.91 Å². The number of hydrogen-bond donors (Lipinski definition) is 2. The molecule has 0 radical (unpaired) electrons. The second-order valence-corrected chi connectivity index (χ2v) is 4.45. The fourth-order valence-corrected chi connectivity index (χ4v) is 1.87. The van der Waals surface area contributed by atoms with Crippen LogP contribution in [0, 0.1) is 6.92 Å². The first-order valence-electron chi connectivity index (χ1n) is 5.00. The van der Waals surface area contributed by atoms with E-state index in [1.54, 1.807) is 6.07 Å². The van der Waals surface area contributed by atoms with Crippen molar-refractivity contribution in [1.29, 1.82) is 0 Å². The second-order valence-electron chi connectivity index (χ2n) is 4.45. The van der Waals surface area contributed by atoms with Gasteiger partial charge in [0.15, 0.2) is 0 Å². The molecule has 0 unspecified atom stereocenters. The van der Waals surface area contributed by atoms with Crippen LogP contribution < -0.4 is 11.5 Å². The van der Waals surface area contributed by atoms with Gasteiger partial charge in [0.25, 0.3) is 0 Å². The van der Waals surface area contributed by atoms with E-state index in [4.69, 9.17) is 11.5 Å². The van der Waals surface area contributed by atoms with Crippen LogP contribution in [0.15, 0.2) is 18.2 Å². The molecule has 0 saturated carbocycles. The summed E-state index contributed by atoms with van der Waals surface area (Å²) in [5, 5.41) is 0. The Morgan fingerprint density at radius 3 is 2.47 bits per heavy atom. The van der Waals surface area contributed by atoms with E-state index in [0.717, 1.165) is 11.1 Å². The zero-order chi connectivity index (χ0) is 11.6. The summed E-state index contributed by atoms with van der Waals surface area (Å²) < 4.78 is 0. The average Bonchev–Trinajstić information content (AvgIpc) is 2.17. The van der Waals surface area contributed by atoms with Crippen LogP contribution in [0.5, 0.6) is 0 Å². The Hall–Kier alpha value is -1.35. The normalized spacial score (nSPS) is 11.5. The van der Waals surface area contributed by atoms with Gasteiger partial charge in [-0.3, -0.25) is 4.79 Å². The molecule has 1 aromatic rings. The molecule has 82 valence electrons. The fraction of sp³-hybridized carbons (Fsp3) is 0.417. The third-order valence-electron chi connectivity index (χ3n) is 2.73. The minimum atomic E-state index is -0.393. The largest absolute Gasteiger partial charge is 0.366 e. The molecule has 0 aliphatic rings. The van der Waals surface area contributed by atoms with Crippen LogP contribution in [0.4, 0.5) is 0 Å². The predicted molar refractivity (Wildman–Crippen MR) is 61.8 cm³/mol. The Balaban J connectivity index is 3.44. The van der Waals surface area contributed by atoms with Crippen LogP contribution in [0.25, 0.3) is 0 Å². The van der Waals surface area contributed by atoms with E-state index in [0.29, 0.717) is 12.1 Å². The summed E-state index contributed by atoms with van der Waals surface area (Å²) in [7, 11) is 0. The Morgan fingerprint density at radius 2 is 2.00 bits per heavy atom. The molecule has 15 heavy (non-hydrogen) atoms. The average molecular weight is 206 g/mol. The first-order chi connectivity index (χ1) is 6.90. The summed E-state index contributed by atoms with van der Waals surface area (Å²) in [4.78, 5) is 11.3. The van der Waals surface area contributed by atoms with Crippen LogP contribution in [0.3, 0.4) is 0 Å². The zero-order valence-electron chi connectivity index (χ0n) is 9.50. The lowest BCUT2D eigenvalue weighted by Crippen LogP contribution is -2.32. The molecule has 0 atom stereocenters. The van der Waals surface area contributed by atoms with Crippen molar-refractivity contribution in [2.24, 2.45) is 11.5 Å². The summed E-state index contributed by atoms with van der Waals surface area (Å²) in [5.41, 5.74) is 13.4. The fourth-order valence-electron chi connectivity index (χ4n) is 1.87. The number of nitrogens with two attached hydrogens (primary N) is 2. The van der Waals surface area contributed by atoms with Gasteiger partial charge in [0, 0.05) is 17.5 Å². The minimum Gasteiger partial charge on any atom is -0.366 e. The van der Waals surface area contributed by atoms with Crippen LogP contribution >= 0.6 is 0 Å². The maximum Gasteiger partial charge on any atom is 0.249 e. The lowest BCUT2D eigenvalue weighted by Gasteiger charge is -2.27. The van der Waals surface area contributed by atoms with Crippen molar-refractivity contribution in [2.45, 2.75) is 26.2 Å². The highest BCUT2D eigenvalue weighted by Crippen LogP contribution is 2.28. The number of carbonyl (C=O) groups excluding carboxylic acids is 1. The van der Waals surface area contributed by atoms with Gasteiger partial charge in [0.2, 0.25) is 5.91 Å². The first-order valence-corrected chi connectivity index (χ1v) is 5.00. The molecule has 0 spiro atoms. The van der Waals surface area contributed by atoms with Gasteiger partial charge >= 0.3 is 0 Å². The molecular formula is C12H18N2O. The molecule has 1 aromatic carbocycles. The molecule has 0 aliphatic carbocycles. The predicted octanol–water partition coefficient (Wildman–Crippen LogP) is 1.33. The standard InChI is InChI=1S/C12H18N2O/c1-8-5-4-6-9(11(14)15)10(8)12(2,3)7-13/h4-6H,7,13H2,1-3H3,(H2,14,15). The lowest BCUT2D eigenvalue weighted by atomic mass is 9.79. The van der Waals surface area contributed by atoms with Crippen LogP contribution in [-0.4, -0.2) is 12.5 Å². The summed E-state index contributed by atoms with van der Waals surface area (Å²) in [5.74, 6) is -0.393. The van der Waals surface area contributed by atoms with Gasteiger partial charge in [-0.25, -0.2) is 0 Å². The second kappa shape index (κ2) is 4.03. The third-order valence-corrected chi connectivity index (χ3v) is 2.73. The number of aryl methyl sites for hydroxylation is 1. The van der Waals surface area contributed by atoms with Gasteiger partial charge in [0.05, 0.1) is 0 Å². The molecule has 0 aliphatic heterocycles. The van der Waals surface area contributed by atoms with Gasteiger partial charge in [-0.2, -0.15) is 0 Å². The molecule has 0 saturated heterocycles. The van der Waals surface area contributed by atoms with E-state index in [2.05, 4.69) is 0 Å². The summed E-state index contributed by atoms with van der Waals surface area (Å²) in [6, 6.07) is 5.56. The maximum atomic E-state index is 11.3. The number of primary amides is 1. The Labute approximate surface area is 90.5 Å². The van der Waals surface area contributed by atoms with Crippen molar-refractivity contribution < 1.29 is 4.79 Å². The van der Waals surface area contributed by atoms with Gasteiger partial charge in [-0.1, -0.05) is 26.0 Å². The van der Waals surface area contributed by atoms with Gasteiger partial charge in [0.1, 0.15) is 0 Å². The highest BCUT2D eigenvalue weighted by Gasteiger charge is 2.25. The number of hydrogen-bond acceptors (Lipinski definition) is 2. The van der Waals surface area contributed by atoms with E-state index >= 15 is 0 Å². The molecular weight excluding hydrogens is 188 g/mol. The van der Waals surface area contributed by atoms with Crippen molar-refractivity contribution in [3.05, 3.63) is 34.9 Å². The van der Waals surface area contributed by atoms with Gasteiger partial charge in [-0.05, 0) is 24.1 Å². The quantitative estimate of drug-likeness (QED) is 0.783. The van der Waals surface area contributed by atoms with Gasteiger partial charge < -0.3 is 11.5 Å². The first kappa shape index (κ1) is 11.7. The number of amides is 1. The number of benzene rings is 1. The highest BCUT2D eigenvalue weighted by atomic mass is 16.1. The lowest BCUT2D eigenvalue weighted by molar-refractivity contribution is 0.0998. The molecule has 1 amide bonds. The molecule has 0 aromatic heterocycles. The van der Waals surface area contributed by atoms with E-state index < -0.39 is 5.91 Å². The van der Waals surface area contributed by atoms with Crippen molar-refractivity contribution in [3.8, 4) is 0 Å². The summed E-state index contributed by atoms with van der Waals surface area (Å²) in [6.45, 7) is 6.49. The molecule has 0 heterocycles. The molecule has 1 rings (SSSR count). The monoisotopic (exact) mass is 206 g/mol. The van der Waals surface area contributed by atoms with Crippen molar-refractivity contribution in [1.82, 2.24) is 0 Å². The molecule has 3 nitrogen and oxygen atoms in total.